The van der Waals surface area contributed by atoms with Crippen LogP contribution in [0.25, 0.3) is 0 Å². The predicted octanol–water partition coefficient (Wildman–Crippen LogP) is 15.3. The minimum absolute atomic E-state index is 0.0809. The van der Waals surface area contributed by atoms with E-state index in [1.807, 2.05) is 0 Å². The van der Waals surface area contributed by atoms with Gasteiger partial charge in [0, 0.05) is 23.9 Å². The number of rotatable bonds is 16. The first-order chi connectivity index (χ1) is 29.1. The summed E-state index contributed by atoms with van der Waals surface area (Å²) >= 11 is 0. The van der Waals surface area contributed by atoms with Crippen molar-refractivity contribution in [1.29, 1.82) is 0 Å². The predicted molar refractivity (Wildman–Crippen MR) is 270 cm³/mol. The molecule has 2 aliphatic heterocycles. The van der Waals surface area contributed by atoms with Gasteiger partial charge in [0.1, 0.15) is 0 Å². The van der Waals surface area contributed by atoms with Gasteiger partial charge in [-0.1, -0.05) is 207 Å². The molecule has 6 rings (SSSR count). The van der Waals surface area contributed by atoms with E-state index in [1.54, 1.807) is 0 Å². The maximum Gasteiger partial charge on any atom is 0.0243 e. The van der Waals surface area contributed by atoms with Gasteiger partial charge in [-0.2, -0.15) is 0 Å². The summed E-state index contributed by atoms with van der Waals surface area (Å²) < 4.78 is 0. The normalized spacial score (nSPS) is 20.6. The Morgan fingerprint density at radius 2 is 0.758 bits per heavy atom. The van der Waals surface area contributed by atoms with Crippen LogP contribution < -0.4 is 10.6 Å². The first-order valence-corrected chi connectivity index (χ1v) is 25.0. The average Bonchev–Trinajstić information content (AvgIpc) is 3.25. The molecule has 2 nitrogen and oxygen atoms in total. The smallest absolute Gasteiger partial charge is 0.0243 e. The first-order valence-electron chi connectivity index (χ1n) is 25.0. The molecule has 2 fully saturated rings. The Bertz CT molecular complexity index is 1910. The Labute approximate surface area is 381 Å². The highest BCUT2D eigenvalue weighted by Gasteiger charge is 2.36. The Morgan fingerprint density at radius 3 is 1.05 bits per heavy atom. The van der Waals surface area contributed by atoms with E-state index >= 15 is 0 Å². The van der Waals surface area contributed by atoms with Gasteiger partial charge in [0.15, 0.2) is 0 Å². The SMILES string of the molecule is CC(C)C(C)(C)c1ccc(C(c2ccc(C(C)(C)C(C)C)cc2)C2CCC(CC(C)C(C)(C)c3ccc([C@@H](c4ccc(C(C)(C)C(C)C)cc4)C4CCCCN4)cc3)CN2)cc1. The van der Waals surface area contributed by atoms with Crippen LogP contribution in [0.2, 0.25) is 0 Å². The fourth-order valence-corrected chi connectivity index (χ4v) is 10.5. The summed E-state index contributed by atoms with van der Waals surface area (Å²) in [5, 5.41) is 8.10. The largest absolute Gasteiger partial charge is 0.313 e. The third-order valence-electron chi connectivity index (χ3n) is 18.0. The molecule has 2 N–H and O–H groups in total. The second-order valence-electron chi connectivity index (χ2n) is 23.4. The van der Waals surface area contributed by atoms with Crippen LogP contribution in [0, 0.1) is 29.6 Å². The molecule has 0 amide bonds. The molecule has 2 heteroatoms. The standard InChI is InChI=1S/C60H88N2/c1-40(2)57(8,9)49-28-20-45(21-29-49)55(53-18-16-17-37-61-53)46-26-34-52(35-27-46)60(14,15)43(7)38-44-19-36-54(62-39-44)56(47-22-30-50(31-23-47)58(10,11)41(3)4)48-24-32-51(33-25-48)59(12,13)42(5)6/h20-35,40-44,53-56,61-62H,16-19,36-39H2,1-15H3/t43?,44?,53?,54?,55-/m1/s1. The van der Waals surface area contributed by atoms with Crippen molar-refractivity contribution in [2.24, 2.45) is 29.6 Å². The summed E-state index contributed by atoms with van der Waals surface area (Å²) in [6.07, 6.45) is 7.53. The Kier molecular flexibility index (Phi) is 15.2. The van der Waals surface area contributed by atoms with Crippen LogP contribution in [0.3, 0.4) is 0 Å². The molecule has 0 aliphatic carbocycles. The lowest BCUT2D eigenvalue weighted by Crippen LogP contribution is -2.44. The van der Waals surface area contributed by atoms with Crippen molar-refractivity contribution in [1.82, 2.24) is 10.6 Å². The van der Waals surface area contributed by atoms with Crippen LogP contribution >= 0.6 is 0 Å². The van der Waals surface area contributed by atoms with E-state index in [0.29, 0.717) is 53.5 Å². The summed E-state index contributed by atoms with van der Waals surface area (Å²) in [5.74, 6) is 3.68. The van der Waals surface area contributed by atoms with Gasteiger partial charge in [-0.25, -0.2) is 0 Å². The lowest BCUT2D eigenvalue weighted by atomic mass is 9.69. The monoisotopic (exact) mass is 837 g/mol. The molecule has 0 bridgehead atoms. The lowest BCUT2D eigenvalue weighted by Gasteiger charge is -2.40. The summed E-state index contributed by atoms with van der Waals surface area (Å²) in [4.78, 5) is 0. The second-order valence-corrected chi connectivity index (χ2v) is 23.4. The molecule has 62 heavy (non-hydrogen) atoms. The lowest BCUT2D eigenvalue weighted by molar-refractivity contribution is 0.218. The van der Waals surface area contributed by atoms with Crippen LogP contribution in [0.15, 0.2) is 97.1 Å². The van der Waals surface area contributed by atoms with E-state index in [4.69, 9.17) is 0 Å². The third kappa shape index (κ3) is 10.3. The zero-order chi connectivity index (χ0) is 45.2. The summed E-state index contributed by atoms with van der Waals surface area (Å²) in [7, 11) is 0. The molecular weight excluding hydrogens is 749 g/mol. The molecule has 0 aromatic heterocycles. The van der Waals surface area contributed by atoms with Crippen molar-refractivity contribution in [3.63, 3.8) is 0 Å². The number of nitrogens with one attached hydrogen (secondary N) is 2. The van der Waals surface area contributed by atoms with Crippen LogP contribution in [0.5, 0.6) is 0 Å². The van der Waals surface area contributed by atoms with Crippen molar-refractivity contribution >= 4 is 0 Å². The molecule has 2 saturated heterocycles. The van der Waals surface area contributed by atoms with E-state index in [-0.39, 0.29) is 21.7 Å². The van der Waals surface area contributed by atoms with Crippen molar-refractivity contribution in [3.8, 4) is 0 Å². The highest BCUT2D eigenvalue weighted by Crippen LogP contribution is 2.42. The third-order valence-corrected chi connectivity index (χ3v) is 18.0. The number of benzene rings is 4. The average molecular weight is 837 g/mol. The molecule has 338 valence electrons. The molecule has 4 aromatic carbocycles. The zero-order valence-corrected chi connectivity index (χ0v) is 42.1. The molecule has 0 saturated carbocycles. The Morgan fingerprint density at radius 1 is 0.419 bits per heavy atom. The van der Waals surface area contributed by atoms with Gasteiger partial charge in [-0.05, 0) is 141 Å². The van der Waals surface area contributed by atoms with E-state index in [1.165, 1.54) is 83.0 Å². The van der Waals surface area contributed by atoms with Gasteiger partial charge in [0.2, 0.25) is 0 Å². The van der Waals surface area contributed by atoms with Crippen LogP contribution in [-0.4, -0.2) is 25.2 Å². The van der Waals surface area contributed by atoms with Gasteiger partial charge in [-0.3, -0.25) is 0 Å². The van der Waals surface area contributed by atoms with E-state index in [9.17, 15) is 0 Å². The highest BCUT2D eigenvalue weighted by molar-refractivity contribution is 5.42. The first kappa shape index (κ1) is 48.3. The van der Waals surface area contributed by atoms with Crippen molar-refractivity contribution in [2.75, 3.05) is 13.1 Å². The molecule has 0 spiro atoms. The minimum Gasteiger partial charge on any atom is -0.313 e. The van der Waals surface area contributed by atoms with Crippen LogP contribution in [0.1, 0.15) is 199 Å². The van der Waals surface area contributed by atoms with Gasteiger partial charge in [0.25, 0.3) is 0 Å². The van der Waals surface area contributed by atoms with Crippen molar-refractivity contribution < 1.29 is 0 Å². The molecular formula is C60H88N2. The summed E-state index contributed by atoms with van der Waals surface area (Å²) in [6.45, 7) is 38.1. The summed E-state index contributed by atoms with van der Waals surface area (Å²) in [6, 6.07) is 39.9. The number of hydrogen-bond acceptors (Lipinski definition) is 2. The number of hydrogen-bond donors (Lipinski definition) is 2. The summed E-state index contributed by atoms with van der Waals surface area (Å²) in [5.41, 5.74) is 12.1. The maximum atomic E-state index is 4.17. The van der Waals surface area contributed by atoms with Gasteiger partial charge in [0.05, 0.1) is 0 Å². The topological polar surface area (TPSA) is 24.1 Å². The van der Waals surface area contributed by atoms with E-state index < -0.39 is 0 Å². The molecule has 4 unspecified atom stereocenters. The molecule has 0 radical (unpaired) electrons. The molecule has 5 atom stereocenters. The van der Waals surface area contributed by atoms with Gasteiger partial charge < -0.3 is 10.6 Å². The Hall–Kier alpha value is -3.20. The van der Waals surface area contributed by atoms with Gasteiger partial charge in [-0.15, -0.1) is 0 Å². The molecule has 4 aromatic rings. The van der Waals surface area contributed by atoms with Crippen molar-refractivity contribution in [2.45, 2.75) is 188 Å². The second kappa shape index (κ2) is 19.5. The van der Waals surface area contributed by atoms with E-state index in [0.717, 1.165) is 13.1 Å². The minimum atomic E-state index is 0.0809. The maximum absolute atomic E-state index is 4.17. The fraction of sp³-hybridized carbons (Fsp3) is 0.600. The highest BCUT2D eigenvalue weighted by atomic mass is 14.9. The Balaban J connectivity index is 1.16. The quantitative estimate of drug-likeness (QED) is 0.117. The number of piperidine rings is 2. The van der Waals surface area contributed by atoms with Crippen molar-refractivity contribution in [3.05, 3.63) is 142 Å². The molecule has 2 heterocycles. The van der Waals surface area contributed by atoms with Gasteiger partial charge >= 0.3 is 0 Å². The molecule has 2 aliphatic rings. The van der Waals surface area contributed by atoms with E-state index in [2.05, 4.69) is 212 Å². The zero-order valence-electron chi connectivity index (χ0n) is 42.1. The van der Waals surface area contributed by atoms with Crippen LogP contribution in [0.4, 0.5) is 0 Å². The van der Waals surface area contributed by atoms with Crippen LogP contribution in [-0.2, 0) is 21.7 Å². The fourth-order valence-electron chi connectivity index (χ4n) is 10.5.